The van der Waals surface area contributed by atoms with E-state index in [4.69, 9.17) is 34.8 Å². The Morgan fingerprint density at radius 2 is 2.06 bits per heavy atom. The highest BCUT2D eigenvalue weighted by atomic mass is 35.5. The Balaban J connectivity index is 2.56. The summed E-state index contributed by atoms with van der Waals surface area (Å²) in [4.78, 5) is 0. The fraction of sp³-hybridized carbons (Fsp3) is 0.250. The molecule has 0 aliphatic carbocycles. The number of benzene rings is 1. The molecule has 0 unspecified atom stereocenters. The summed E-state index contributed by atoms with van der Waals surface area (Å²) in [5, 5.41) is 4.80. The molecule has 0 saturated heterocycles. The number of alkyl halides is 1. The minimum Gasteiger partial charge on any atom is -0.222 e. The molecule has 1 aromatic heterocycles. The number of aromatic nitrogens is 2. The molecule has 0 aliphatic rings. The van der Waals surface area contributed by atoms with Gasteiger partial charge in [0.15, 0.2) is 0 Å². The summed E-state index contributed by atoms with van der Waals surface area (Å²) in [6.07, 6.45) is 0.713. The van der Waals surface area contributed by atoms with Crippen LogP contribution in [0.4, 0.5) is 4.39 Å². The van der Waals surface area contributed by atoms with E-state index in [1.54, 1.807) is 6.07 Å². The third-order valence-corrected chi connectivity index (χ3v) is 3.58. The van der Waals surface area contributed by atoms with Crippen LogP contribution in [-0.4, -0.2) is 9.78 Å². The maximum absolute atomic E-state index is 13.4. The maximum Gasteiger partial charge on any atom is 0.143 e. The van der Waals surface area contributed by atoms with Crippen LogP contribution in [0.3, 0.4) is 0 Å². The summed E-state index contributed by atoms with van der Waals surface area (Å²) < 4.78 is 14.9. The van der Waals surface area contributed by atoms with Crippen LogP contribution >= 0.6 is 34.8 Å². The van der Waals surface area contributed by atoms with E-state index in [1.807, 2.05) is 6.92 Å². The highest BCUT2D eigenvalue weighted by molar-refractivity contribution is 6.32. The van der Waals surface area contributed by atoms with Gasteiger partial charge in [-0.2, -0.15) is 5.10 Å². The molecule has 0 amide bonds. The van der Waals surface area contributed by atoms with Crippen molar-refractivity contribution in [1.29, 1.82) is 0 Å². The number of rotatable bonds is 3. The van der Waals surface area contributed by atoms with Crippen molar-refractivity contribution in [2.75, 3.05) is 0 Å². The first kappa shape index (κ1) is 13.7. The lowest BCUT2D eigenvalue weighted by atomic mass is 10.2. The largest absolute Gasteiger partial charge is 0.222 e. The topological polar surface area (TPSA) is 17.8 Å². The number of hydrogen-bond acceptors (Lipinski definition) is 1. The predicted molar refractivity (Wildman–Crippen MR) is 72.5 cm³/mol. The van der Waals surface area contributed by atoms with Crippen molar-refractivity contribution >= 4 is 34.8 Å². The molecule has 0 fully saturated rings. The average molecular weight is 308 g/mol. The van der Waals surface area contributed by atoms with Crippen molar-refractivity contribution in [3.63, 3.8) is 0 Å². The minimum atomic E-state index is -0.508. The summed E-state index contributed by atoms with van der Waals surface area (Å²) in [6.45, 7) is 1.96. The first-order chi connectivity index (χ1) is 8.58. The fourth-order valence-corrected chi connectivity index (χ4v) is 2.45. The molecule has 2 nitrogen and oxygen atoms in total. The summed E-state index contributed by atoms with van der Waals surface area (Å²) in [5.74, 6) is -0.232. The zero-order chi connectivity index (χ0) is 13.3. The van der Waals surface area contributed by atoms with Crippen molar-refractivity contribution in [1.82, 2.24) is 9.78 Å². The van der Waals surface area contributed by atoms with Crippen LogP contribution < -0.4 is 0 Å². The van der Waals surface area contributed by atoms with Crippen molar-refractivity contribution < 1.29 is 4.39 Å². The maximum atomic E-state index is 13.4. The van der Waals surface area contributed by atoms with Gasteiger partial charge in [0.2, 0.25) is 0 Å². The molecule has 0 aliphatic heterocycles. The van der Waals surface area contributed by atoms with Gasteiger partial charge < -0.3 is 0 Å². The van der Waals surface area contributed by atoms with Gasteiger partial charge in [0, 0.05) is 11.6 Å². The standard InChI is InChI=1S/C12H10Cl3FN2/c1-2-11-8(6-13)12(15)18(17-11)7-3-4-9(14)10(16)5-7/h3-5H,2,6H2,1H3. The molecular formula is C12H10Cl3FN2. The molecule has 0 spiro atoms. The van der Waals surface area contributed by atoms with E-state index >= 15 is 0 Å². The van der Waals surface area contributed by atoms with Crippen molar-refractivity contribution in [2.24, 2.45) is 0 Å². The lowest BCUT2D eigenvalue weighted by molar-refractivity contribution is 0.625. The zero-order valence-corrected chi connectivity index (χ0v) is 11.8. The van der Waals surface area contributed by atoms with Gasteiger partial charge in [-0.1, -0.05) is 30.1 Å². The Labute approximate surface area is 119 Å². The monoisotopic (exact) mass is 306 g/mol. The normalized spacial score (nSPS) is 10.9. The first-order valence-corrected chi connectivity index (χ1v) is 6.65. The third-order valence-electron chi connectivity index (χ3n) is 2.62. The van der Waals surface area contributed by atoms with Crippen LogP contribution in [0.1, 0.15) is 18.2 Å². The van der Waals surface area contributed by atoms with Gasteiger partial charge in [0.25, 0.3) is 0 Å². The van der Waals surface area contributed by atoms with Crippen LogP contribution in [0.2, 0.25) is 10.2 Å². The Morgan fingerprint density at radius 1 is 1.33 bits per heavy atom. The average Bonchev–Trinajstić information content (AvgIpc) is 2.69. The van der Waals surface area contributed by atoms with E-state index in [1.165, 1.54) is 16.8 Å². The molecule has 0 bridgehead atoms. The van der Waals surface area contributed by atoms with Crippen molar-refractivity contribution in [2.45, 2.75) is 19.2 Å². The second-order valence-electron chi connectivity index (χ2n) is 3.71. The molecular weight excluding hydrogens is 298 g/mol. The molecule has 0 atom stereocenters. The van der Waals surface area contributed by atoms with Crippen LogP contribution in [-0.2, 0) is 12.3 Å². The quantitative estimate of drug-likeness (QED) is 0.757. The van der Waals surface area contributed by atoms with E-state index in [-0.39, 0.29) is 10.9 Å². The second kappa shape index (κ2) is 5.47. The Bertz CT molecular complexity index is 581. The molecule has 18 heavy (non-hydrogen) atoms. The molecule has 6 heteroatoms. The van der Waals surface area contributed by atoms with E-state index in [2.05, 4.69) is 5.10 Å². The van der Waals surface area contributed by atoms with Gasteiger partial charge in [0.1, 0.15) is 11.0 Å². The van der Waals surface area contributed by atoms with E-state index in [0.717, 1.165) is 11.3 Å². The lowest BCUT2D eigenvalue weighted by Gasteiger charge is -2.04. The predicted octanol–water partition coefficient (Wildman–Crippen LogP) is 4.62. The number of hydrogen-bond donors (Lipinski definition) is 0. The molecule has 2 rings (SSSR count). The lowest BCUT2D eigenvalue weighted by Crippen LogP contribution is -1.98. The molecule has 1 heterocycles. The van der Waals surface area contributed by atoms with Gasteiger partial charge in [0.05, 0.1) is 22.3 Å². The number of halogens is 4. The van der Waals surface area contributed by atoms with E-state index in [0.29, 0.717) is 17.3 Å². The van der Waals surface area contributed by atoms with E-state index in [9.17, 15) is 4.39 Å². The SMILES string of the molecule is CCc1nn(-c2ccc(Cl)c(F)c2)c(Cl)c1CCl. The summed E-state index contributed by atoms with van der Waals surface area (Å²) >= 11 is 17.7. The van der Waals surface area contributed by atoms with Gasteiger partial charge >= 0.3 is 0 Å². The van der Waals surface area contributed by atoms with Gasteiger partial charge in [-0.3, -0.25) is 0 Å². The Hall–Kier alpha value is -0.770. The second-order valence-corrected chi connectivity index (χ2v) is 4.75. The third kappa shape index (κ3) is 2.35. The van der Waals surface area contributed by atoms with Gasteiger partial charge in [-0.05, 0) is 18.6 Å². The molecule has 0 radical (unpaired) electrons. The zero-order valence-electron chi connectivity index (χ0n) is 9.55. The smallest absolute Gasteiger partial charge is 0.143 e. The highest BCUT2D eigenvalue weighted by Gasteiger charge is 2.16. The highest BCUT2D eigenvalue weighted by Crippen LogP contribution is 2.27. The molecule has 96 valence electrons. The summed E-state index contributed by atoms with van der Waals surface area (Å²) in [5.41, 5.74) is 2.11. The Kier molecular flexibility index (Phi) is 4.15. The van der Waals surface area contributed by atoms with Crippen molar-refractivity contribution in [3.8, 4) is 5.69 Å². The van der Waals surface area contributed by atoms with Crippen LogP contribution in [0.15, 0.2) is 18.2 Å². The minimum absolute atomic E-state index is 0.0651. The Morgan fingerprint density at radius 3 is 2.56 bits per heavy atom. The van der Waals surface area contributed by atoms with Crippen molar-refractivity contribution in [3.05, 3.63) is 45.4 Å². The summed E-state index contributed by atoms with van der Waals surface area (Å²) in [6, 6.07) is 4.41. The molecule has 0 saturated carbocycles. The van der Waals surface area contributed by atoms with Crippen LogP contribution in [0.5, 0.6) is 0 Å². The van der Waals surface area contributed by atoms with Gasteiger partial charge in [-0.25, -0.2) is 9.07 Å². The number of nitrogens with zero attached hydrogens (tertiary/aromatic N) is 2. The summed E-state index contributed by atoms with van der Waals surface area (Å²) in [7, 11) is 0. The first-order valence-electron chi connectivity index (χ1n) is 5.36. The van der Waals surface area contributed by atoms with Crippen LogP contribution in [0.25, 0.3) is 5.69 Å². The number of aryl methyl sites for hydroxylation is 1. The molecule has 1 aromatic carbocycles. The van der Waals surface area contributed by atoms with E-state index < -0.39 is 5.82 Å². The van der Waals surface area contributed by atoms with Crippen LogP contribution in [0, 0.1) is 5.82 Å². The molecule has 0 N–H and O–H groups in total. The molecule has 2 aromatic rings. The van der Waals surface area contributed by atoms with Gasteiger partial charge in [-0.15, -0.1) is 11.6 Å². The fourth-order valence-electron chi connectivity index (χ4n) is 1.68.